The summed E-state index contributed by atoms with van der Waals surface area (Å²) in [5.74, 6) is -1.35. The van der Waals surface area contributed by atoms with Crippen molar-refractivity contribution in [3.05, 3.63) is 70.3 Å². The highest BCUT2D eigenvalue weighted by Crippen LogP contribution is 2.33. The van der Waals surface area contributed by atoms with Crippen LogP contribution in [0.3, 0.4) is 0 Å². The maximum Gasteiger partial charge on any atom is 0.416 e. The van der Waals surface area contributed by atoms with Crippen LogP contribution in [0.5, 0.6) is 0 Å². The topological polar surface area (TPSA) is 101 Å². The lowest BCUT2D eigenvalue weighted by atomic mass is 9.99. The van der Waals surface area contributed by atoms with E-state index in [4.69, 9.17) is 5.73 Å². The average Bonchev–Trinajstić information content (AvgIpc) is 2.66. The SMILES string of the molecule is C/C(N)=C1\C(=O)NCCC1=Nc1cc(C(O)c2cc(F)cc(C(F)(F)F)c2)ccn1. The number of carbonyl (C=O) groups excluding carboxylic acids is 1. The monoisotopic (exact) mass is 422 g/mol. The maximum absolute atomic E-state index is 13.7. The van der Waals surface area contributed by atoms with Crippen LogP contribution < -0.4 is 11.1 Å². The molecule has 1 amide bonds. The molecule has 0 aliphatic carbocycles. The van der Waals surface area contributed by atoms with Crippen molar-refractivity contribution < 1.29 is 27.5 Å². The van der Waals surface area contributed by atoms with Crippen LogP contribution in [0.2, 0.25) is 0 Å². The number of nitrogens with one attached hydrogen (secondary N) is 1. The molecule has 1 aliphatic rings. The number of aromatic nitrogens is 1. The molecule has 0 spiro atoms. The second-order valence-corrected chi connectivity index (χ2v) is 6.74. The number of aliphatic hydroxyl groups excluding tert-OH is 1. The number of hydrogen-bond acceptors (Lipinski definition) is 5. The first kappa shape index (κ1) is 21.4. The van der Waals surface area contributed by atoms with Crippen molar-refractivity contribution in [3.63, 3.8) is 0 Å². The van der Waals surface area contributed by atoms with Gasteiger partial charge in [0, 0.05) is 24.9 Å². The summed E-state index contributed by atoms with van der Waals surface area (Å²) in [6.07, 6.45) is -4.58. The van der Waals surface area contributed by atoms with Crippen LogP contribution in [0.15, 0.2) is 52.8 Å². The molecule has 4 N–H and O–H groups in total. The number of nitrogens with two attached hydrogens (primary N) is 1. The molecule has 158 valence electrons. The summed E-state index contributed by atoms with van der Waals surface area (Å²) >= 11 is 0. The number of piperidine rings is 1. The Morgan fingerprint density at radius 3 is 2.67 bits per heavy atom. The van der Waals surface area contributed by atoms with E-state index in [-0.39, 0.29) is 34.1 Å². The number of aliphatic hydroxyl groups is 1. The number of hydrogen-bond donors (Lipinski definition) is 3. The summed E-state index contributed by atoms with van der Waals surface area (Å²) < 4.78 is 52.5. The lowest BCUT2D eigenvalue weighted by molar-refractivity contribution is -0.137. The van der Waals surface area contributed by atoms with Crippen LogP contribution in [0, 0.1) is 5.82 Å². The van der Waals surface area contributed by atoms with E-state index in [0.717, 1.165) is 6.07 Å². The van der Waals surface area contributed by atoms with Gasteiger partial charge in [-0.2, -0.15) is 13.2 Å². The summed E-state index contributed by atoms with van der Waals surface area (Å²) in [4.78, 5) is 20.4. The number of halogens is 4. The minimum absolute atomic E-state index is 0.127. The highest BCUT2D eigenvalue weighted by atomic mass is 19.4. The van der Waals surface area contributed by atoms with Gasteiger partial charge in [0.05, 0.1) is 16.8 Å². The van der Waals surface area contributed by atoms with Gasteiger partial charge >= 0.3 is 6.18 Å². The van der Waals surface area contributed by atoms with Gasteiger partial charge in [0.2, 0.25) is 0 Å². The first-order chi connectivity index (χ1) is 14.1. The van der Waals surface area contributed by atoms with Crippen molar-refractivity contribution in [2.24, 2.45) is 10.7 Å². The van der Waals surface area contributed by atoms with E-state index >= 15 is 0 Å². The Kier molecular flexibility index (Phi) is 5.88. The molecule has 1 atom stereocenters. The van der Waals surface area contributed by atoms with E-state index in [2.05, 4.69) is 15.3 Å². The molecule has 1 aromatic heterocycles. The normalized spacial score (nSPS) is 18.9. The van der Waals surface area contributed by atoms with Crippen molar-refractivity contribution in [3.8, 4) is 0 Å². The lowest BCUT2D eigenvalue weighted by Crippen LogP contribution is -2.37. The van der Waals surface area contributed by atoms with E-state index in [1.54, 1.807) is 6.92 Å². The van der Waals surface area contributed by atoms with Crippen molar-refractivity contribution in [2.45, 2.75) is 25.6 Å². The third-order valence-corrected chi connectivity index (χ3v) is 4.46. The highest BCUT2D eigenvalue weighted by molar-refractivity contribution is 6.24. The molecule has 1 aromatic carbocycles. The predicted octanol–water partition coefficient (Wildman–Crippen LogP) is 3.15. The molecule has 1 aliphatic heterocycles. The number of rotatable bonds is 3. The molecular weight excluding hydrogens is 404 g/mol. The molecule has 10 heteroatoms. The minimum atomic E-state index is -4.75. The molecule has 1 fully saturated rings. The third kappa shape index (κ3) is 4.65. The van der Waals surface area contributed by atoms with Crippen molar-refractivity contribution in [1.82, 2.24) is 10.3 Å². The van der Waals surface area contributed by atoms with Crippen molar-refractivity contribution >= 4 is 17.4 Å². The van der Waals surface area contributed by atoms with E-state index in [1.165, 1.54) is 18.3 Å². The van der Waals surface area contributed by atoms with Gasteiger partial charge in [0.25, 0.3) is 5.91 Å². The fourth-order valence-electron chi connectivity index (χ4n) is 3.09. The van der Waals surface area contributed by atoms with Crippen LogP contribution in [-0.2, 0) is 11.0 Å². The second kappa shape index (κ2) is 8.23. The van der Waals surface area contributed by atoms with E-state index in [9.17, 15) is 27.5 Å². The predicted molar refractivity (Wildman–Crippen MR) is 101 cm³/mol. The van der Waals surface area contributed by atoms with E-state index in [0.29, 0.717) is 30.8 Å². The zero-order valence-corrected chi connectivity index (χ0v) is 15.8. The van der Waals surface area contributed by atoms with Crippen LogP contribution in [0.1, 0.15) is 36.1 Å². The Hall–Kier alpha value is -3.27. The molecule has 1 saturated heterocycles. The molecule has 30 heavy (non-hydrogen) atoms. The van der Waals surface area contributed by atoms with Gasteiger partial charge < -0.3 is 16.2 Å². The average molecular weight is 422 g/mol. The summed E-state index contributed by atoms with van der Waals surface area (Å²) in [7, 11) is 0. The number of alkyl halides is 3. The molecule has 0 saturated carbocycles. The molecule has 0 bridgehead atoms. The van der Waals surface area contributed by atoms with Gasteiger partial charge in [0.15, 0.2) is 5.82 Å². The molecular formula is C20H18F4N4O2. The summed E-state index contributed by atoms with van der Waals surface area (Å²) in [6, 6.07) is 4.61. The molecule has 6 nitrogen and oxygen atoms in total. The Balaban J connectivity index is 1.97. The number of allylic oxidation sites excluding steroid dienone is 1. The quantitative estimate of drug-likeness (QED) is 0.523. The first-order valence-corrected chi connectivity index (χ1v) is 8.90. The van der Waals surface area contributed by atoms with Gasteiger partial charge in [0.1, 0.15) is 11.9 Å². The zero-order valence-electron chi connectivity index (χ0n) is 15.8. The largest absolute Gasteiger partial charge is 0.416 e. The fraction of sp³-hybridized carbons (Fsp3) is 0.250. The summed E-state index contributed by atoms with van der Waals surface area (Å²) in [5, 5.41) is 13.2. The highest BCUT2D eigenvalue weighted by Gasteiger charge is 2.32. The molecule has 0 radical (unpaired) electrons. The Morgan fingerprint density at radius 2 is 2.00 bits per heavy atom. The van der Waals surface area contributed by atoms with Gasteiger partial charge in [-0.05, 0) is 48.4 Å². The molecule has 2 aromatic rings. The van der Waals surface area contributed by atoms with Crippen LogP contribution >= 0.6 is 0 Å². The Bertz CT molecular complexity index is 1040. The minimum Gasteiger partial charge on any atom is -0.402 e. The van der Waals surface area contributed by atoms with Gasteiger partial charge in [-0.1, -0.05) is 0 Å². The molecule has 3 rings (SSSR count). The van der Waals surface area contributed by atoms with Gasteiger partial charge in [-0.3, -0.25) is 4.79 Å². The second-order valence-electron chi connectivity index (χ2n) is 6.74. The van der Waals surface area contributed by atoms with Crippen LogP contribution in [0.25, 0.3) is 0 Å². The van der Waals surface area contributed by atoms with Crippen molar-refractivity contribution in [1.29, 1.82) is 0 Å². The zero-order chi connectivity index (χ0) is 22.1. The Morgan fingerprint density at radius 1 is 1.27 bits per heavy atom. The van der Waals surface area contributed by atoms with E-state index in [1.807, 2.05) is 0 Å². The first-order valence-electron chi connectivity index (χ1n) is 8.90. The summed E-state index contributed by atoms with van der Waals surface area (Å²) in [5.41, 5.74) is 5.39. The van der Waals surface area contributed by atoms with Gasteiger partial charge in [-0.25, -0.2) is 14.4 Å². The number of nitrogens with zero attached hydrogens (tertiary/aromatic N) is 2. The standard InChI is InChI=1S/C20H18F4N4O2/c1-10(25)17-15(3-5-27-19(17)30)28-16-8-11(2-4-26-16)18(29)12-6-13(20(22,23)24)9-14(21)7-12/h2,4,6-9,18,29H,3,5,25H2,1H3,(H,27,30)/b17-10+,28-15?. The number of pyridine rings is 1. The van der Waals surface area contributed by atoms with E-state index < -0.39 is 23.7 Å². The molecule has 1 unspecified atom stereocenters. The van der Waals surface area contributed by atoms with Crippen molar-refractivity contribution in [2.75, 3.05) is 6.54 Å². The number of aliphatic imine (C=N–C) groups is 1. The summed E-state index contributed by atoms with van der Waals surface area (Å²) in [6.45, 7) is 1.92. The van der Waals surface area contributed by atoms with Gasteiger partial charge in [-0.15, -0.1) is 0 Å². The van der Waals surface area contributed by atoms with Crippen LogP contribution in [-0.4, -0.2) is 28.3 Å². The lowest BCUT2D eigenvalue weighted by Gasteiger charge is -2.19. The number of amides is 1. The smallest absolute Gasteiger partial charge is 0.402 e. The molecule has 2 heterocycles. The fourth-order valence-corrected chi connectivity index (χ4v) is 3.09. The Labute approximate surface area is 169 Å². The number of benzene rings is 1. The van der Waals surface area contributed by atoms with Crippen LogP contribution in [0.4, 0.5) is 23.4 Å². The maximum atomic E-state index is 13.7. The third-order valence-electron chi connectivity index (χ3n) is 4.46. The number of carbonyl (C=O) groups is 1.